The molecule has 1 aromatic carbocycles. The van der Waals surface area contributed by atoms with E-state index in [0.29, 0.717) is 22.0 Å². The Kier molecular flexibility index (Phi) is 4.48. The van der Waals surface area contributed by atoms with Crippen molar-refractivity contribution in [1.82, 2.24) is 0 Å². The fourth-order valence-electron chi connectivity index (χ4n) is 3.17. The van der Waals surface area contributed by atoms with Crippen molar-refractivity contribution in [2.75, 3.05) is 5.32 Å². The van der Waals surface area contributed by atoms with Crippen LogP contribution in [0.3, 0.4) is 0 Å². The Morgan fingerprint density at radius 2 is 1.95 bits per heavy atom. The van der Waals surface area contributed by atoms with E-state index in [2.05, 4.69) is 26.1 Å². The van der Waals surface area contributed by atoms with Gasteiger partial charge in [0.1, 0.15) is 0 Å². The van der Waals surface area contributed by atoms with Crippen LogP contribution < -0.4 is 5.32 Å². The van der Waals surface area contributed by atoms with Gasteiger partial charge in [-0.25, -0.2) is 0 Å². The molecule has 1 aromatic rings. The van der Waals surface area contributed by atoms with Gasteiger partial charge in [0.15, 0.2) is 0 Å². The first-order valence-electron chi connectivity index (χ1n) is 7.22. The van der Waals surface area contributed by atoms with E-state index in [4.69, 9.17) is 11.6 Å². The molecule has 0 bridgehead atoms. The van der Waals surface area contributed by atoms with Gasteiger partial charge in [0.05, 0.1) is 16.3 Å². The Labute approximate surface area is 128 Å². The van der Waals surface area contributed by atoms with Gasteiger partial charge in [0.2, 0.25) is 0 Å². The summed E-state index contributed by atoms with van der Waals surface area (Å²) in [5.41, 5.74) is 0.0103. The third-order valence-electron chi connectivity index (χ3n) is 4.33. The van der Waals surface area contributed by atoms with E-state index in [-0.39, 0.29) is 6.04 Å². The van der Waals surface area contributed by atoms with Crippen LogP contribution in [0, 0.1) is 11.3 Å². The molecule has 0 heterocycles. The van der Waals surface area contributed by atoms with Crippen LogP contribution in [0.5, 0.6) is 0 Å². The Balaban J connectivity index is 2.16. The number of halogens is 4. The summed E-state index contributed by atoms with van der Waals surface area (Å²) in [6.45, 7) is 6.61. The Bertz CT molecular complexity index is 511. The summed E-state index contributed by atoms with van der Waals surface area (Å²) in [4.78, 5) is 0. The summed E-state index contributed by atoms with van der Waals surface area (Å²) in [6.07, 6.45) is -1.28. The number of benzene rings is 1. The summed E-state index contributed by atoms with van der Waals surface area (Å²) < 4.78 is 38.4. The zero-order valence-corrected chi connectivity index (χ0v) is 13.3. The van der Waals surface area contributed by atoms with Gasteiger partial charge in [-0.2, -0.15) is 13.2 Å². The van der Waals surface area contributed by atoms with Crippen LogP contribution in [0.4, 0.5) is 18.9 Å². The Morgan fingerprint density at radius 1 is 1.29 bits per heavy atom. The third kappa shape index (κ3) is 4.06. The lowest BCUT2D eigenvalue weighted by Crippen LogP contribution is -2.37. The number of hydrogen-bond acceptors (Lipinski definition) is 1. The molecule has 0 amide bonds. The molecule has 0 radical (unpaired) electrons. The van der Waals surface area contributed by atoms with Crippen molar-refractivity contribution in [3.05, 3.63) is 28.8 Å². The maximum atomic E-state index is 12.8. The molecule has 21 heavy (non-hydrogen) atoms. The molecule has 2 rings (SSSR count). The highest BCUT2D eigenvalue weighted by Crippen LogP contribution is 2.41. The van der Waals surface area contributed by atoms with Crippen LogP contribution in [-0.2, 0) is 6.18 Å². The van der Waals surface area contributed by atoms with Crippen molar-refractivity contribution in [3.63, 3.8) is 0 Å². The first kappa shape index (κ1) is 16.5. The summed E-state index contributed by atoms with van der Waals surface area (Å²) in [5, 5.41) is 3.55. The second-order valence-electron chi connectivity index (χ2n) is 6.83. The van der Waals surface area contributed by atoms with Crippen molar-refractivity contribution >= 4 is 17.3 Å². The summed E-state index contributed by atoms with van der Waals surface area (Å²) in [6, 6.07) is 3.60. The minimum absolute atomic E-state index is 0.166. The Morgan fingerprint density at radius 3 is 2.52 bits per heavy atom. The highest BCUT2D eigenvalue weighted by Gasteiger charge is 2.34. The number of nitrogens with one attached hydrogen (secondary N) is 1. The maximum absolute atomic E-state index is 12.8. The zero-order chi connectivity index (χ0) is 15.8. The van der Waals surface area contributed by atoms with Crippen LogP contribution in [-0.4, -0.2) is 6.04 Å². The highest BCUT2D eigenvalue weighted by atomic mass is 35.5. The van der Waals surface area contributed by atoms with E-state index < -0.39 is 11.7 Å². The molecule has 0 aliphatic heterocycles. The fraction of sp³-hybridized carbons (Fsp3) is 0.625. The smallest absolute Gasteiger partial charge is 0.381 e. The maximum Gasteiger partial charge on any atom is 0.416 e. The van der Waals surface area contributed by atoms with E-state index >= 15 is 0 Å². The average Bonchev–Trinajstić information content (AvgIpc) is 2.33. The van der Waals surface area contributed by atoms with Gasteiger partial charge in [0.25, 0.3) is 0 Å². The molecular weight excluding hydrogens is 299 g/mol. The molecule has 118 valence electrons. The molecule has 2 unspecified atom stereocenters. The molecule has 2 atom stereocenters. The normalized spacial score (nSPS) is 25.7. The third-order valence-corrected chi connectivity index (χ3v) is 4.66. The monoisotopic (exact) mass is 319 g/mol. The van der Waals surface area contributed by atoms with Gasteiger partial charge >= 0.3 is 6.18 Å². The molecule has 5 heteroatoms. The molecule has 1 aliphatic rings. The van der Waals surface area contributed by atoms with Crippen LogP contribution in [0.15, 0.2) is 18.2 Å². The molecule has 1 saturated carbocycles. The van der Waals surface area contributed by atoms with E-state index in [1.807, 2.05) is 0 Å². The zero-order valence-electron chi connectivity index (χ0n) is 12.5. The lowest BCUT2D eigenvalue weighted by molar-refractivity contribution is -0.137. The molecule has 1 aliphatic carbocycles. The SMILES string of the molecule is CC1CC(C)(C)CCC1Nc1cc(C(F)(F)F)ccc1Cl. The highest BCUT2D eigenvalue weighted by molar-refractivity contribution is 6.33. The van der Waals surface area contributed by atoms with Crippen molar-refractivity contribution in [3.8, 4) is 0 Å². The topological polar surface area (TPSA) is 12.0 Å². The standard InChI is InChI=1S/C16H21ClF3N/c1-10-9-15(2,3)7-6-13(10)21-14-8-11(16(18,19)20)4-5-12(14)17/h4-5,8,10,13,21H,6-7,9H2,1-3H3. The van der Waals surface area contributed by atoms with E-state index in [1.165, 1.54) is 6.07 Å². The van der Waals surface area contributed by atoms with Crippen molar-refractivity contribution in [1.29, 1.82) is 0 Å². The van der Waals surface area contributed by atoms with Gasteiger partial charge in [0, 0.05) is 6.04 Å². The second-order valence-corrected chi connectivity index (χ2v) is 7.23. The first-order chi connectivity index (χ1) is 9.58. The lowest BCUT2D eigenvalue weighted by atomic mass is 9.70. The summed E-state index contributed by atoms with van der Waals surface area (Å²) in [5.74, 6) is 0.402. The number of anilines is 1. The number of hydrogen-bond donors (Lipinski definition) is 1. The largest absolute Gasteiger partial charge is 0.416 e. The second kappa shape index (κ2) is 5.71. The quantitative estimate of drug-likeness (QED) is 0.706. The summed E-state index contributed by atoms with van der Waals surface area (Å²) in [7, 11) is 0. The van der Waals surface area contributed by atoms with Crippen molar-refractivity contribution in [2.24, 2.45) is 11.3 Å². The van der Waals surface area contributed by atoms with Gasteiger partial charge in [-0.3, -0.25) is 0 Å². The number of rotatable bonds is 2. The lowest BCUT2D eigenvalue weighted by Gasteiger charge is -2.40. The van der Waals surface area contributed by atoms with Crippen molar-refractivity contribution < 1.29 is 13.2 Å². The van der Waals surface area contributed by atoms with Crippen LogP contribution in [0.25, 0.3) is 0 Å². The first-order valence-corrected chi connectivity index (χ1v) is 7.59. The number of alkyl halides is 3. The van der Waals surface area contributed by atoms with Gasteiger partial charge in [-0.15, -0.1) is 0 Å². The fourth-order valence-corrected chi connectivity index (χ4v) is 3.35. The molecule has 1 nitrogen and oxygen atoms in total. The summed E-state index contributed by atoms with van der Waals surface area (Å²) >= 11 is 6.04. The Hall–Kier alpha value is -0.900. The molecule has 0 aromatic heterocycles. The van der Waals surface area contributed by atoms with Crippen LogP contribution >= 0.6 is 11.6 Å². The average molecular weight is 320 g/mol. The predicted molar refractivity (Wildman–Crippen MR) is 80.7 cm³/mol. The molecular formula is C16H21ClF3N. The van der Waals surface area contributed by atoms with E-state index in [9.17, 15) is 13.2 Å². The van der Waals surface area contributed by atoms with Crippen LogP contribution in [0.2, 0.25) is 5.02 Å². The van der Waals surface area contributed by atoms with E-state index in [1.54, 1.807) is 0 Å². The van der Waals surface area contributed by atoms with Gasteiger partial charge < -0.3 is 5.32 Å². The van der Waals surface area contributed by atoms with E-state index in [0.717, 1.165) is 31.4 Å². The van der Waals surface area contributed by atoms with Crippen molar-refractivity contribution in [2.45, 2.75) is 52.3 Å². The molecule has 1 fully saturated rings. The minimum Gasteiger partial charge on any atom is -0.381 e. The predicted octanol–water partition coefficient (Wildman–Crippen LogP) is 5.99. The molecule has 1 N–H and O–H groups in total. The van der Waals surface area contributed by atoms with Crippen LogP contribution in [0.1, 0.15) is 45.6 Å². The minimum atomic E-state index is -4.35. The van der Waals surface area contributed by atoms with Gasteiger partial charge in [-0.05, 0) is 48.8 Å². The molecule has 0 spiro atoms. The van der Waals surface area contributed by atoms with Gasteiger partial charge in [-0.1, -0.05) is 32.4 Å². The molecule has 0 saturated heterocycles.